The topological polar surface area (TPSA) is 28.7 Å². The maximum absolute atomic E-state index is 6.50. The number of nitrogens with zero attached hydrogens (tertiary/aromatic N) is 2. The summed E-state index contributed by atoms with van der Waals surface area (Å²) in [5.74, 6) is 0. The van der Waals surface area contributed by atoms with Crippen LogP contribution >= 0.6 is 0 Å². The molecule has 1 aromatic heterocycles. The zero-order chi connectivity index (χ0) is 16.5. The summed E-state index contributed by atoms with van der Waals surface area (Å²) < 4.78 is 2.37. The highest BCUT2D eigenvalue weighted by molar-refractivity contribution is 5.10. The Hall–Kier alpha value is -1.23. The van der Waals surface area contributed by atoms with Crippen molar-refractivity contribution in [2.75, 3.05) is 0 Å². The van der Waals surface area contributed by atoms with Gasteiger partial charge in [0.05, 0.1) is 0 Å². The molecule has 0 unspecified atom stereocenters. The van der Waals surface area contributed by atoms with Gasteiger partial charge in [0.15, 0.2) is 0 Å². The van der Waals surface area contributed by atoms with Crippen LogP contribution in [-0.2, 0) is 13.0 Å². The fourth-order valence-electron chi connectivity index (χ4n) is 2.85. The number of rotatable bonds is 13. The summed E-state index contributed by atoms with van der Waals surface area (Å²) in [5.41, 5.74) is 1.50. The summed E-state index contributed by atoms with van der Waals surface area (Å²) in [6.45, 7) is 9.25. The first-order chi connectivity index (χ1) is 10.9. The van der Waals surface area contributed by atoms with E-state index in [1.54, 1.807) is 0 Å². The average Bonchev–Trinajstić information content (AvgIpc) is 2.99. The van der Waals surface area contributed by atoms with E-state index < -0.39 is 0 Å². The van der Waals surface area contributed by atoms with E-state index in [0.717, 1.165) is 0 Å². The normalized spacial score (nSPS) is 10.2. The summed E-state index contributed by atoms with van der Waals surface area (Å²) in [5, 5.41) is 6.50. The Kier molecular flexibility index (Phi) is 15.2. The molecule has 2 nitrogen and oxygen atoms in total. The molecule has 0 bridgehead atoms. The van der Waals surface area contributed by atoms with Gasteiger partial charge in [-0.2, -0.15) is 0 Å². The molecule has 22 heavy (non-hydrogen) atoms. The van der Waals surface area contributed by atoms with Crippen molar-refractivity contribution in [3.8, 4) is 6.57 Å². The van der Waals surface area contributed by atoms with Crippen LogP contribution in [0.3, 0.4) is 0 Å². The Morgan fingerprint density at radius 2 is 1.36 bits per heavy atom. The van der Waals surface area contributed by atoms with E-state index >= 15 is 0 Å². The van der Waals surface area contributed by atoms with Crippen molar-refractivity contribution in [3.05, 3.63) is 24.0 Å². The molecule has 1 aromatic rings. The molecule has 0 aliphatic carbocycles. The van der Waals surface area contributed by atoms with Gasteiger partial charge in [-0.15, -0.1) is 0 Å². The van der Waals surface area contributed by atoms with Gasteiger partial charge in [-0.3, -0.25) is 0 Å². The summed E-state index contributed by atoms with van der Waals surface area (Å²) in [4.78, 5) is 0. The second-order valence-electron chi connectivity index (χ2n) is 6.19. The summed E-state index contributed by atoms with van der Waals surface area (Å²) in [6.07, 6.45) is 21.3. The van der Waals surface area contributed by atoms with Gasteiger partial charge in [-0.1, -0.05) is 78.1 Å². The molecule has 0 aliphatic heterocycles. The lowest BCUT2D eigenvalue weighted by Gasteiger charge is -2.04. The van der Waals surface area contributed by atoms with Gasteiger partial charge >= 0.3 is 0 Å². The van der Waals surface area contributed by atoms with Crippen LogP contribution in [0.5, 0.6) is 0 Å². The average molecular weight is 305 g/mol. The van der Waals surface area contributed by atoms with Gasteiger partial charge in [0, 0.05) is 25.5 Å². The number of aromatic nitrogens is 1. The molecule has 0 radical (unpaired) electrons. The first-order valence-corrected chi connectivity index (χ1v) is 9.27. The first-order valence-electron chi connectivity index (χ1n) is 9.27. The number of aryl methyl sites for hydroxylation is 2. The number of hydrogen-bond donors (Lipinski definition) is 0. The minimum absolute atomic E-state index is 1.21. The van der Waals surface area contributed by atoms with Crippen LogP contribution in [0.15, 0.2) is 18.5 Å². The Labute approximate surface area is 138 Å². The lowest BCUT2D eigenvalue weighted by atomic mass is 10.1. The minimum Gasteiger partial charge on any atom is -0.354 e. The Morgan fingerprint density at radius 3 is 1.91 bits per heavy atom. The molecule has 0 N–H and O–H groups in total. The Balaban J connectivity index is 0.00000211. The zero-order valence-corrected chi connectivity index (χ0v) is 14.9. The molecule has 2 heteroatoms. The smallest absolute Gasteiger partial charge is 0.0462 e. The van der Waals surface area contributed by atoms with Crippen molar-refractivity contribution in [1.82, 2.24) is 4.57 Å². The quantitative estimate of drug-likeness (QED) is 0.382. The Morgan fingerprint density at radius 1 is 0.818 bits per heavy atom. The maximum Gasteiger partial charge on any atom is 0.0462 e. The number of hydrogen-bond acceptors (Lipinski definition) is 1. The summed E-state index contributed by atoms with van der Waals surface area (Å²) in [6, 6.07) is 2.28. The van der Waals surface area contributed by atoms with Crippen LogP contribution < -0.4 is 0 Å². The predicted octanol–water partition coefficient (Wildman–Crippen LogP) is 6.50. The molecule has 0 aliphatic rings. The van der Waals surface area contributed by atoms with E-state index in [-0.39, 0.29) is 0 Å². The van der Waals surface area contributed by atoms with Gasteiger partial charge < -0.3 is 4.57 Å². The molecule has 0 aromatic carbocycles. The molecule has 0 atom stereocenters. The van der Waals surface area contributed by atoms with Crippen LogP contribution in [0.2, 0.25) is 0 Å². The minimum atomic E-state index is 1.21. The first kappa shape index (κ1) is 20.8. The monoisotopic (exact) mass is 304 g/mol. The fourth-order valence-corrected chi connectivity index (χ4v) is 2.85. The van der Waals surface area contributed by atoms with Crippen LogP contribution in [-0.4, -0.2) is 4.57 Å². The van der Waals surface area contributed by atoms with Gasteiger partial charge in [0.25, 0.3) is 0 Å². The summed E-state index contributed by atoms with van der Waals surface area (Å²) in [7, 11) is 0. The van der Waals surface area contributed by atoms with Gasteiger partial charge in [-0.25, -0.2) is 5.26 Å². The van der Waals surface area contributed by atoms with Gasteiger partial charge in [0.1, 0.15) is 0 Å². The van der Waals surface area contributed by atoms with Crippen molar-refractivity contribution >= 4 is 0 Å². The van der Waals surface area contributed by atoms with E-state index in [1.807, 2.05) is 0 Å². The highest BCUT2D eigenvalue weighted by Gasteiger charge is 1.96. The number of nitriles is 1. The third-order valence-electron chi connectivity index (χ3n) is 4.12. The lowest BCUT2D eigenvalue weighted by Crippen LogP contribution is -1.94. The SMILES string of the molecule is C#N.CCCCCCCCCCCCn1ccc(CCC)c1. The molecule has 0 fully saturated rings. The van der Waals surface area contributed by atoms with Crippen LogP contribution in [0, 0.1) is 11.8 Å². The highest BCUT2D eigenvalue weighted by Crippen LogP contribution is 2.11. The molecule has 0 amide bonds. The Bertz CT molecular complexity index is 352. The largest absolute Gasteiger partial charge is 0.354 e. The van der Waals surface area contributed by atoms with Crippen LogP contribution in [0.4, 0.5) is 0 Å². The standard InChI is InChI=1S/C19H35N.CHN/c1-3-5-6-7-8-9-10-11-12-13-16-20-17-15-19(18-20)14-4-2;1-2/h15,17-18H,3-14,16H2,1-2H3;1H. The second-order valence-corrected chi connectivity index (χ2v) is 6.19. The van der Waals surface area contributed by atoms with Crippen molar-refractivity contribution in [3.63, 3.8) is 0 Å². The van der Waals surface area contributed by atoms with E-state index in [4.69, 9.17) is 5.26 Å². The van der Waals surface area contributed by atoms with Gasteiger partial charge in [0.2, 0.25) is 0 Å². The molecule has 126 valence electrons. The summed E-state index contributed by atoms with van der Waals surface area (Å²) >= 11 is 0. The highest BCUT2D eigenvalue weighted by atomic mass is 14.9. The maximum atomic E-state index is 6.50. The van der Waals surface area contributed by atoms with E-state index in [0.29, 0.717) is 0 Å². The molecule has 0 saturated carbocycles. The second kappa shape index (κ2) is 16.1. The predicted molar refractivity (Wildman–Crippen MR) is 96.9 cm³/mol. The van der Waals surface area contributed by atoms with Crippen molar-refractivity contribution in [1.29, 1.82) is 5.26 Å². The van der Waals surface area contributed by atoms with Crippen LogP contribution in [0.25, 0.3) is 0 Å². The molecule has 0 saturated heterocycles. The van der Waals surface area contributed by atoms with Gasteiger partial charge in [-0.05, 0) is 24.5 Å². The fraction of sp³-hybridized carbons (Fsp3) is 0.750. The zero-order valence-electron chi connectivity index (χ0n) is 14.9. The van der Waals surface area contributed by atoms with E-state index in [9.17, 15) is 0 Å². The van der Waals surface area contributed by atoms with E-state index in [1.165, 1.54) is 89.2 Å². The van der Waals surface area contributed by atoms with Crippen molar-refractivity contribution in [2.45, 2.75) is 97.4 Å². The third kappa shape index (κ3) is 11.4. The molecular weight excluding hydrogens is 268 g/mol. The number of unbranched alkanes of at least 4 members (excludes halogenated alkanes) is 9. The van der Waals surface area contributed by atoms with Crippen molar-refractivity contribution < 1.29 is 0 Å². The molecule has 1 rings (SSSR count). The third-order valence-corrected chi connectivity index (χ3v) is 4.12. The molecular formula is C20H36N2. The van der Waals surface area contributed by atoms with Crippen molar-refractivity contribution in [2.24, 2.45) is 0 Å². The molecule has 1 heterocycles. The van der Waals surface area contributed by atoms with E-state index in [2.05, 4.69) is 43.4 Å². The van der Waals surface area contributed by atoms with Crippen LogP contribution in [0.1, 0.15) is 90.0 Å². The lowest BCUT2D eigenvalue weighted by molar-refractivity contribution is 0.535. The molecule has 0 spiro atoms.